The minimum absolute atomic E-state index is 0.195. The predicted molar refractivity (Wildman–Crippen MR) is 92.0 cm³/mol. The van der Waals surface area contributed by atoms with Crippen molar-refractivity contribution < 1.29 is 17.9 Å². The van der Waals surface area contributed by atoms with Gasteiger partial charge in [0.15, 0.2) is 11.5 Å². The average Bonchev–Trinajstić information content (AvgIpc) is 2.92. The molecule has 128 valence electrons. The Labute approximate surface area is 142 Å². The van der Waals surface area contributed by atoms with Crippen LogP contribution in [0.2, 0.25) is 0 Å². The number of nitrogens with one attached hydrogen (secondary N) is 1. The van der Waals surface area contributed by atoms with E-state index in [4.69, 9.17) is 9.47 Å². The van der Waals surface area contributed by atoms with Crippen molar-refractivity contribution >= 4 is 10.0 Å². The molecule has 1 N–H and O–H groups in total. The van der Waals surface area contributed by atoms with Gasteiger partial charge in [-0.2, -0.15) is 0 Å². The van der Waals surface area contributed by atoms with Gasteiger partial charge in [0.05, 0.1) is 4.90 Å². The maximum Gasteiger partial charge on any atom is 0.241 e. The van der Waals surface area contributed by atoms with Crippen LogP contribution in [0.3, 0.4) is 0 Å². The number of hydrogen-bond acceptors (Lipinski definition) is 4. The maximum atomic E-state index is 12.8. The Kier molecular flexibility index (Phi) is 4.27. The highest BCUT2D eigenvalue weighted by atomic mass is 32.2. The molecule has 1 aliphatic rings. The molecule has 3 rings (SSSR count). The van der Waals surface area contributed by atoms with Crippen LogP contribution < -0.4 is 14.2 Å². The van der Waals surface area contributed by atoms with Crippen LogP contribution in [0.5, 0.6) is 11.5 Å². The van der Waals surface area contributed by atoms with E-state index in [-0.39, 0.29) is 12.8 Å². The van der Waals surface area contributed by atoms with Crippen LogP contribution in [0.15, 0.2) is 35.2 Å². The molecule has 1 heterocycles. The van der Waals surface area contributed by atoms with Crippen LogP contribution in [-0.4, -0.2) is 15.2 Å². The van der Waals surface area contributed by atoms with Crippen molar-refractivity contribution in [1.29, 1.82) is 0 Å². The van der Waals surface area contributed by atoms with E-state index in [0.717, 1.165) is 22.3 Å². The quantitative estimate of drug-likeness (QED) is 0.921. The number of rotatable bonds is 4. The van der Waals surface area contributed by atoms with Gasteiger partial charge in [0, 0.05) is 6.04 Å². The predicted octanol–water partition coefficient (Wildman–Crippen LogP) is 3.38. The van der Waals surface area contributed by atoms with Crippen molar-refractivity contribution in [2.24, 2.45) is 0 Å². The summed E-state index contributed by atoms with van der Waals surface area (Å²) in [6.07, 6.45) is 0. The monoisotopic (exact) mass is 347 g/mol. The van der Waals surface area contributed by atoms with E-state index >= 15 is 0 Å². The Morgan fingerprint density at radius 3 is 2.29 bits per heavy atom. The molecule has 2 aromatic carbocycles. The molecule has 0 fully saturated rings. The molecule has 1 atom stereocenters. The average molecular weight is 347 g/mol. The van der Waals surface area contributed by atoms with Gasteiger partial charge in [-0.15, -0.1) is 0 Å². The van der Waals surface area contributed by atoms with Gasteiger partial charge in [0.1, 0.15) is 0 Å². The summed E-state index contributed by atoms with van der Waals surface area (Å²) in [4.78, 5) is 0.348. The van der Waals surface area contributed by atoms with Gasteiger partial charge in [0.25, 0.3) is 0 Å². The second-order valence-electron chi connectivity index (χ2n) is 6.18. The molecule has 5 nitrogen and oxygen atoms in total. The van der Waals surface area contributed by atoms with Crippen LogP contribution in [-0.2, 0) is 10.0 Å². The van der Waals surface area contributed by atoms with Gasteiger partial charge >= 0.3 is 0 Å². The van der Waals surface area contributed by atoms with Gasteiger partial charge in [0.2, 0.25) is 16.8 Å². The Morgan fingerprint density at radius 2 is 1.62 bits per heavy atom. The van der Waals surface area contributed by atoms with Crippen molar-refractivity contribution in [3.05, 3.63) is 52.6 Å². The van der Waals surface area contributed by atoms with E-state index in [1.54, 1.807) is 6.07 Å². The number of fused-ring (bicyclic) bond motifs is 1. The second kappa shape index (κ2) is 6.11. The standard InChI is InChI=1S/C18H21NO4S/c1-11-7-12(2)18(13(3)8-11)24(20,21)19-14(4)15-5-6-16-17(9-15)23-10-22-16/h5-9,14,19H,10H2,1-4H3. The lowest BCUT2D eigenvalue weighted by atomic mass is 10.1. The fraction of sp³-hybridized carbons (Fsp3) is 0.333. The van der Waals surface area contributed by atoms with Gasteiger partial charge in [-0.05, 0) is 56.5 Å². The van der Waals surface area contributed by atoms with E-state index in [1.807, 2.05) is 52.0 Å². The van der Waals surface area contributed by atoms with Crippen molar-refractivity contribution in [2.45, 2.75) is 38.6 Å². The molecule has 0 aliphatic carbocycles. The molecule has 0 aromatic heterocycles. The normalized spacial score (nSPS) is 14.7. The van der Waals surface area contributed by atoms with Gasteiger partial charge in [-0.25, -0.2) is 13.1 Å². The fourth-order valence-corrected chi connectivity index (χ4v) is 4.82. The van der Waals surface area contributed by atoms with Gasteiger partial charge in [-0.3, -0.25) is 0 Å². The fourth-order valence-electron chi connectivity index (χ4n) is 3.13. The Bertz CT molecular complexity index is 867. The zero-order valence-electron chi connectivity index (χ0n) is 14.2. The minimum atomic E-state index is -3.62. The number of ether oxygens (including phenoxy) is 2. The van der Waals surface area contributed by atoms with Crippen LogP contribution in [0.4, 0.5) is 0 Å². The molecular weight excluding hydrogens is 326 g/mol. The molecular formula is C18H21NO4S. The van der Waals surface area contributed by atoms with Crippen LogP contribution in [0, 0.1) is 20.8 Å². The van der Waals surface area contributed by atoms with Crippen molar-refractivity contribution in [2.75, 3.05) is 6.79 Å². The lowest BCUT2D eigenvalue weighted by Gasteiger charge is -2.18. The summed E-state index contributed by atoms with van der Waals surface area (Å²) in [5, 5.41) is 0. The smallest absolute Gasteiger partial charge is 0.241 e. The molecule has 2 aromatic rings. The summed E-state index contributed by atoms with van der Waals surface area (Å²) in [7, 11) is -3.62. The molecule has 0 radical (unpaired) electrons. The minimum Gasteiger partial charge on any atom is -0.454 e. The third-order valence-corrected chi connectivity index (χ3v) is 5.95. The summed E-state index contributed by atoms with van der Waals surface area (Å²) in [5.41, 5.74) is 3.37. The number of benzene rings is 2. The van der Waals surface area contributed by atoms with E-state index in [9.17, 15) is 8.42 Å². The van der Waals surface area contributed by atoms with E-state index in [0.29, 0.717) is 16.4 Å². The largest absolute Gasteiger partial charge is 0.454 e. The number of sulfonamides is 1. The topological polar surface area (TPSA) is 64.6 Å². The molecule has 1 unspecified atom stereocenters. The van der Waals surface area contributed by atoms with E-state index in [1.165, 1.54) is 0 Å². The Hall–Kier alpha value is -2.05. The van der Waals surface area contributed by atoms with Crippen LogP contribution in [0.1, 0.15) is 35.2 Å². The highest BCUT2D eigenvalue weighted by molar-refractivity contribution is 7.89. The first-order valence-electron chi connectivity index (χ1n) is 7.77. The summed E-state index contributed by atoms with van der Waals surface area (Å²) in [5.74, 6) is 1.32. The van der Waals surface area contributed by atoms with Gasteiger partial charge in [-0.1, -0.05) is 23.8 Å². The molecule has 0 saturated carbocycles. The zero-order chi connectivity index (χ0) is 17.5. The lowest BCUT2D eigenvalue weighted by Crippen LogP contribution is -2.28. The van der Waals surface area contributed by atoms with Crippen molar-refractivity contribution in [1.82, 2.24) is 4.72 Å². The zero-order valence-corrected chi connectivity index (χ0v) is 15.0. The van der Waals surface area contributed by atoms with Crippen LogP contribution in [0.25, 0.3) is 0 Å². The van der Waals surface area contributed by atoms with Crippen molar-refractivity contribution in [3.8, 4) is 11.5 Å². The summed E-state index contributed by atoms with van der Waals surface area (Å²) in [6, 6.07) is 8.83. The molecule has 6 heteroatoms. The Morgan fingerprint density at radius 1 is 1.00 bits per heavy atom. The maximum absolute atomic E-state index is 12.8. The molecule has 0 bridgehead atoms. The molecule has 24 heavy (non-hydrogen) atoms. The van der Waals surface area contributed by atoms with Gasteiger partial charge < -0.3 is 9.47 Å². The third-order valence-electron chi connectivity index (χ3n) is 4.10. The third kappa shape index (κ3) is 3.12. The highest BCUT2D eigenvalue weighted by Gasteiger charge is 2.24. The Balaban J connectivity index is 1.89. The first-order chi connectivity index (χ1) is 11.3. The number of hydrogen-bond donors (Lipinski definition) is 1. The highest BCUT2D eigenvalue weighted by Crippen LogP contribution is 2.34. The van der Waals surface area contributed by atoms with E-state index < -0.39 is 10.0 Å². The summed E-state index contributed by atoms with van der Waals surface area (Å²) >= 11 is 0. The summed E-state index contributed by atoms with van der Waals surface area (Å²) < 4.78 is 39.1. The first-order valence-corrected chi connectivity index (χ1v) is 9.26. The first kappa shape index (κ1) is 16.8. The molecule has 0 saturated heterocycles. The molecule has 0 spiro atoms. The lowest BCUT2D eigenvalue weighted by molar-refractivity contribution is 0.174. The van der Waals surface area contributed by atoms with Crippen molar-refractivity contribution in [3.63, 3.8) is 0 Å². The molecule has 0 amide bonds. The number of aryl methyl sites for hydroxylation is 3. The van der Waals surface area contributed by atoms with Crippen LogP contribution >= 0.6 is 0 Å². The van der Waals surface area contributed by atoms with E-state index in [2.05, 4.69) is 4.72 Å². The summed E-state index contributed by atoms with van der Waals surface area (Å²) in [6.45, 7) is 7.60. The molecule has 1 aliphatic heterocycles. The second-order valence-corrected chi connectivity index (χ2v) is 7.83. The SMILES string of the molecule is Cc1cc(C)c(S(=O)(=O)NC(C)c2ccc3c(c2)OCO3)c(C)c1.